The zero-order valence-corrected chi connectivity index (χ0v) is 9.25. The van der Waals surface area contributed by atoms with E-state index in [2.05, 4.69) is 5.32 Å². The average molecular weight is 229 g/mol. The summed E-state index contributed by atoms with van der Waals surface area (Å²) in [6.45, 7) is 3.35. The Balaban J connectivity index is 2.82. The van der Waals surface area contributed by atoms with Crippen LogP contribution in [0, 0.1) is 10.1 Å². The molecule has 0 aliphatic heterocycles. The van der Waals surface area contributed by atoms with Gasteiger partial charge < -0.3 is 5.32 Å². The first-order valence-corrected chi connectivity index (χ1v) is 5.16. The lowest BCUT2D eigenvalue weighted by atomic mass is 10.2. The SMILES string of the molecule is CCCNCc1cc(Cl)ccc1[N+](=O)[O-]. The van der Waals surface area contributed by atoms with Crippen molar-refractivity contribution in [1.82, 2.24) is 5.32 Å². The van der Waals surface area contributed by atoms with Gasteiger partial charge in [0.05, 0.1) is 4.92 Å². The van der Waals surface area contributed by atoms with E-state index in [-0.39, 0.29) is 10.6 Å². The van der Waals surface area contributed by atoms with Gasteiger partial charge in [-0.15, -0.1) is 0 Å². The van der Waals surface area contributed by atoms with Crippen LogP contribution in [-0.2, 0) is 6.54 Å². The summed E-state index contributed by atoms with van der Waals surface area (Å²) < 4.78 is 0. The van der Waals surface area contributed by atoms with Crippen LogP contribution in [0.5, 0.6) is 0 Å². The molecule has 0 amide bonds. The fraction of sp³-hybridized carbons (Fsp3) is 0.400. The van der Waals surface area contributed by atoms with Crippen LogP contribution in [0.4, 0.5) is 5.69 Å². The molecule has 0 aliphatic rings. The molecule has 1 aromatic rings. The number of nitrogens with one attached hydrogen (secondary N) is 1. The number of nitrogens with zero attached hydrogens (tertiary/aromatic N) is 1. The predicted molar refractivity (Wildman–Crippen MR) is 60.1 cm³/mol. The van der Waals surface area contributed by atoms with Crippen molar-refractivity contribution in [3.8, 4) is 0 Å². The van der Waals surface area contributed by atoms with Crippen LogP contribution in [0.15, 0.2) is 18.2 Å². The first-order valence-electron chi connectivity index (χ1n) is 4.78. The van der Waals surface area contributed by atoms with Crippen molar-refractivity contribution in [3.63, 3.8) is 0 Å². The van der Waals surface area contributed by atoms with Crippen LogP contribution < -0.4 is 5.32 Å². The lowest BCUT2D eigenvalue weighted by Gasteiger charge is -2.04. The van der Waals surface area contributed by atoms with E-state index in [9.17, 15) is 10.1 Å². The predicted octanol–water partition coefficient (Wildman–Crippen LogP) is 2.75. The van der Waals surface area contributed by atoms with Gasteiger partial charge in [-0.25, -0.2) is 0 Å². The first-order chi connectivity index (χ1) is 7.15. The van der Waals surface area contributed by atoms with Gasteiger partial charge in [0.1, 0.15) is 0 Å². The Hall–Kier alpha value is -1.13. The third-order valence-electron chi connectivity index (χ3n) is 1.98. The third kappa shape index (κ3) is 3.49. The monoisotopic (exact) mass is 228 g/mol. The molecule has 0 radical (unpaired) electrons. The van der Waals surface area contributed by atoms with Gasteiger partial charge in [-0.1, -0.05) is 18.5 Å². The van der Waals surface area contributed by atoms with Crippen molar-refractivity contribution in [3.05, 3.63) is 38.9 Å². The number of hydrogen-bond acceptors (Lipinski definition) is 3. The quantitative estimate of drug-likeness (QED) is 0.479. The van der Waals surface area contributed by atoms with Gasteiger partial charge in [-0.05, 0) is 25.1 Å². The van der Waals surface area contributed by atoms with Crippen LogP contribution in [0.3, 0.4) is 0 Å². The van der Waals surface area contributed by atoms with Crippen molar-refractivity contribution in [2.45, 2.75) is 19.9 Å². The third-order valence-corrected chi connectivity index (χ3v) is 2.22. The minimum atomic E-state index is -0.390. The second-order valence-electron chi connectivity index (χ2n) is 3.21. The van der Waals surface area contributed by atoms with Crippen molar-refractivity contribution in [2.75, 3.05) is 6.54 Å². The summed E-state index contributed by atoms with van der Waals surface area (Å²) in [6, 6.07) is 4.59. The number of rotatable bonds is 5. The van der Waals surface area contributed by atoms with Gasteiger partial charge in [-0.3, -0.25) is 10.1 Å². The maximum atomic E-state index is 10.7. The van der Waals surface area contributed by atoms with Gasteiger partial charge in [0.2, 0.25) is 0 Å². The molecule has 0 heterocycles. The molecule has 0 unspecified atom stereocenters. The summed E-state index contributed by atoms with van der Waals surface area (Å²) in [6.07, 6.45) is 0.994. The molecule has 0 aliphatic carbocycles. The second-order valence-corrected chi connectivity index (χ2v) is 3.64. The summed E-state index contributed by atoms with van der Waals surface area (Å²) >= 11 is 5.78. The fourth-order valence-corrected chi connectivity index (χ4v) is 1.47. The van der Waals surface area contributed by atoms with Crippen molar-refractivity contribution in [2.24, 2.45) is 0 Å². The molecule has 1 rings (SSSR count). The zero-order chi connectivity index (χ0) is 11.3. The molecule has 82 valence electrons. The van der Waals surface area contributed by atoms with Crippen LogP contribution in [0.25, 0.3) is 0 Å². The molecule has 1 N–H and O–H groups in total. The minimum absolute atomic E-state index is 0.114. The highest BCUT2D eigenvalue weighted by molar-refractivity contribution is 6.30. The van der Waals surface area contributed by atoms with E-state index in [4.69, 9.17) is 11.6 Å². The summed E-state index contributed by atoms with van der Waals surface area (Å²) in [4.78, 5) is 10.3. The molecule has 0 fully saturated rings. The molecule has 0 bridgehead atoms. The van der Waals surface area contributed by atoms with Crippen molar-refractivity contribution in [1.29, 1.82) is 0 Å². The zero-order valence-electron chi connectivity index (χ0n) is 8.50. The lowest BCUT2D eigenvalue weighted by Crippen LogP contribution is -2.14. The first kappa shape index (κ1) is 11.9. The number of halogens is 1. The van der Waals surface area contributed by atoms with E-state index < -0.39 is 0 Å². The van der Waals surface area contributed by atoms with Crippen LogP contribution >= 0.6 is 11.6 Å². The molecule has 0 atom stereocenters. The molecule has 0 saturated carbocycles. The smallest absolute Gasteiger partial charge is 0.273 e. The fourth-order valence-electron chi connectivity index (χ4n) is 1.27. The Morgan fingerprint density at radius 3 is 2.87 bits per heavy atom. The van der Waals surface area contributed by atoms with E-state index in [1.807, 2.05) is 6.92 Å². The van der Waals surface area contributed by atoms with E-state index in [1.165, 1.54) is 12.1 Å². The molecule has 0 aromatic heterocycles. The van der Waals surface area contributed by atoms with Crippen LogP contribution in [0.2, 0.25) is 5.02 Å². The summed E-state index contributed by atoms with van der Waals surface area (Å²) in [5.41, 5.74) is 0.740. The Morgan fingerprint density at radius 1 is 1.53 bits per heavy atom. The Labute approximate surface area is 93.4 Å². The Bertz CT molecular complexity index is 355. The molecule has 4 nitrogen and oxygen atoms in total. The highest BCUT2D eigenvalue weighted by Crippen LogP contribution is 2.22. The second kappa shape index (κ2) is 5.68. The van der Waals surface area contributed by atoms with Gasteiger partial charge in [-0.2, -0.15) is 0 Å². The van der Waals surface area contributed by atoms with E-state index in [0.29, 0.717) is 17.1 Å². The molecule has 0 saturated heterocycles. The van der Waals surface area contributed by atoms with E-state index >= 15 is 0 Å². The Kier molecular flexibility index (Phi) is 4.52. The van der Waals surface area contributed by atoms with Gasteiger partial charge in [0.15, 0.2) is 0 Å². The number of hydrogen-bond donors (Lipinski definition) is 1. The van der Waals surface area contributed by atoms with Gasteiger partial charge in [0, 0.05) is 23.2 Å². The minimum Gasteiger partial charge on any atom is -0.312 e. The van der Waals surface area contributed by atoms with Crippen LogP contribution in [-0.4, -0.2) is 11.5 Å². The number of benzene rings is 1. The summed E-state index contributed by atoms with van der Waals surface area (Å²) in [7, 11) is 0. The standard InChI is InChI=1S/C10H13ClN2O2/c1-2-5-12-7-8-6-9(11)3-4-10(8)13(14)15/h3-4,6,12H,2,5,7H2,1H3. The molecular weight excluding hydrogens is 216 g/mol. The Morgan fingerprint density at radius 2 is 2.27 bits per heavy atom. The average Bonchev–Trinajstić information content (AvgIpc) is 2.18. The van der Waals surface area contributed by atoms with Crippen molar-refractivity contribution < 1.29 is 4.92 Å². The molecule has 1 aromatic carbocycles. The van der Waals surface area contributed by atoms with Crippen molar-refractivity contribution >= 4 is 17.3 Å². The maximum Gasteiger partial charge on any atom is 0.273 e. The topological polar surface area (TPSA) is 55.2 Å². The van der Waals surface area contributed by atoms with Gasteiger partial charge >= 0.3 is 0 Å². The molecule has 15 heavy (non-hydrogen) atoms. The van der Waals surface area contributed by atoms with E-state index in [0.717, 1.165) is 13.0 Å². The highest BCUT2D eigenvalue weighted by atomic mass is 35.5. The normalized spacial score (nSPS) is 10.3. The molecular formula is C10H13ClN2O2. The van der Waals surface area contributed by atoms with Gasteiger partial charge in [0.25, 0.3) is 5.69 Å². The number of nitro groups is 1. The lowest BCUT2D eigenvalue weighted by molar-refractivity contribution is -0.385. The summed E-state index contributed by atoms with van der Waals surface area (Å²) in [5.74, 6) is 0. The highest BCUT2D eigenvalue weighted by Gasteiger charge is 2.12. The van der Waals surface area contributed by atoms with E-state index in [1.54, 1.807) is 6.07 Å². The van der Waals surface area contributed by atoms with Crippen LogP contribution in [0.1, 0.15) is 18.9 Å². The molecule has 0 spiro atoms. The molecule has 5 heteroatoms. The summed E-state index contributed by atoms with van der Waals surface area (Å²) in [5, 5.41) is 14.3. The maximum absolute atomic E-state index is 10.7. The largest absolute Gasteiger partial charge is 0.312 e. The number of nitro benzene ring substituents is 1.